The van der Waals surface area contributed by atoms with Gasteiger partial charge in [0.05, 0.1) is 4.92 Å². The van der Waals surface area contributed by atoms with Gasteiger partial charge in [-0.15, -0.1) is 10.1 Å². The Labute approximate surface area is 460 Å². The normalized spacial score (nSPS) is 14.1. The van der Waals surface area contributed by atoms with E-state index in [1.807, 2.05) is 127 Å². The average Bonchev–Trinajstić information content (AvgIpc) is 3.78. The van der Waals surface area contributed by atoms with Crippen LogP contribution in [0.1, 0.15) is 112 Å². The molecular formula is C60H55BN4NaO9. The van der Waals surface area contributed by atoms with Gasteiger partial charge in [-0.05, 0) is 142 Å². The van der Waals surface area contributed by atoms with Crippen molar-refractivity contribution in [2.75, 3.05) is 11.5 Å². The average molecular weight is 1010 g/mol. The molecule has 0 aromatic heterocycles. The Morgan fingerprint density at radius 3 is 1.13 bits per heavy atom. The van der Waals surface area contributed by atoms with Gasteiger partial charge in [0, 0.05) is 54.2 Å². The number of fused-ring (bicyclic) bond motifs is 8. The van der Waals surface area contributed by atoms with Crippen molar-refractivity contribution >= 4 is 37.0 Å². The van der Waals surface area contributed by atoms with E-state index in [1.165, 1.54) is 34.4 Å². The summed E-state index contributed by atoms with van der Waals surface area (Å²) in [6.45, 7) is 0. The monoisotopic (exact) mass is 1010 g/mol. The molecule has 0 spiro atoms. The van der Waals surface area contributed by atoms with Crippen molar-refractivity contribution in [1.82, 2.24) is 0 Å². The number of nitrogens with two attached hydrogens (primary N) is 2. The standard InChI is InChI=1S/C15H11NO3.C15H15NO.C15H13NO.C15H14O.B.HNO3.Na.H/c17-15-13-4-2-1-3-10(13)5-6-11-7-8-12(16(18)19)9-14(11)15;2*16-12-8-7-11-6-5-10-3-1-2-4-13(10)15(17)14(11)9-12;16-15-13-7-3-1-5-11(13)9-10-12-6-2-4-8-14(12)15;;2-1(3)4;;/h1-4,7-9H,5-6H2;1-4,7-9,15,17H,5-6,16H2;1-4,7-9H,5-6,16H2;1-8,15-16H,9-10H2;;(H,2,3,4);;/q;;;;;;+1;-1. The van der Waals surface area contributed by atoms with Crippen molar-refractivity contribution in [3.05, 3.63) is 285 Å². The van der Waals surface area contributed by atoms with Crippen LogP contribution < -0.4 is 41.0 Å². The summed E-state index contributed by atoms with van der Waals surface area (Å²) in [4.78, 5) is 43.6. The Bertz CT molecular complexity index is 3320. The zero-order chi connectivity index (χ0) is 51.6. The van der Waals surface area contributed by atoms with Crippen LogP contribution in [0.25, 0.3) is 0 Å². The molecule has 13 nitrogen and oxygen atoms in total. The summed E-state index contributed by atoms with van der Waals surface area (Å²) in [5.74, 6) is -0.0211. The Morgan fingerprint density at radius 1 is 0.413 bits per heavy atom. The minimum Gasteiger partial charge on any atom is -1.00 e. The number of nitrogen functional groups attached to an aromatic ring is 2. The molecule has 1 unspecified atom stereocenters. The summed E-state index contributed by atoms with van der Waals surface area (Å²) in [5, 5.41) is 45.3. The van der Waals surface area contributed by atoms with Crippen LogP contribution in [-0.2, 0) is 51.4 Å². The molecule has 8 aromatic rings. The molecule has 8 aromatic carbocycles. The Morgan fingerprint density at radius 2 is 0.707 bits per heavy atom. The number of nitro benzene ring substituents is 1. The number of benzene rings is 8. The van der Waals surface area contributed by atoms with Crippen molar-refractivity contribution in [3.8, 4) is 0 Å². The summed E-state index contributed by atoms with van der Waals surface area (Å²) < 4.78 is 0. The number of non-ortho nitro benzene ring substituents is 1. The predicted molar refractivity (Wildman–Crippen MR) is 287 cm³/mol. The Hall–Kier alpha value is -7.72. The number of rotatable bonds is 1. The summed E-state index contributed by atoms with van der Waals surface area (Å²) in [7, 11) is 0. The molecule has 7 N–H and O–H groups in total. The third-order valence-electron chi connectivity index (χ3n) is 13.6. The predicted octanol–water partition coefficient (Wildman–Crippen LogP) is 7.23. The first kappa shape index (κ1) is 56.6. The largest absolute Gasteiger partial charge is 1.00 e. The fourth-order valence-corrected chi connectivity index (χ4v) is 9.93. The Balaban J connectivity index is 0.000000181. The van der Waals surface area contributed by atoms with E-state index in [2.05, 4.69) is 18.2 Å². The van der Waals surface area contributed by atoms with Gasteiger partial charge in [0.1, 0.15) is 12.2 Å². The zero-order valence-corrected chi connectivity index (χ0v) is 43.5. The molecule has 0 amide bonds. The van der Waals surface area contributed by atoms with Crippen LogP contribution in [0, 0.1) is 20.2 Å². The number of hydrogen-bond donors (Lipinski definition) is 5. The molecule has 0 aliphatic heterocycles. The quantitative estimate of drug-likeness (QED) is 0.0477. The van der Waals surface area contributed by atoms with E-state index in [4.69, 9.17) is 26.8 Å². The van der Waals surface area contributed by atoms with Gasteiger partial charge in [0.25, 0.3) is 10.8 Å². The number of carbonyl (C=O) groups is 2. The second-order valence-electron chi connectivity index (χ2n) is 18.1. The number of hydrogen-bond acceptors (Lipinski definition) is 10. The summed E-state index contributed by atoms with van der Waals surface area (Å²) in [6, 6.07) is 55.7. The number of carbonyl (C=O) groups excluding carboxylic acids is 2. The molecule has 0 saturated carbocycles. The van der Waals surface area contributed by atoms with Crippen molar-refractivity contribution in [2.45, 2.75) is 63.6 Å². The molecule has 15 heteroatoms. The molecule has 0 saturated heterocycles. The van der Waals surface area contributed by atoms with Gasteiger partial charge < -0.3 is 28.3 Å². The summed E-state index contributed by atoms with van der Waals surface area (Å²) >= 11 is 0. The van der Waals surface area contributed by atoms with Gasteiger partial charge in [0.2, 0.25) is 0 Å². The molecule has 0 heterocycles. The van der Waals surface area contributed by atoms with E-state index < -0.39 is 22.2 Å². The molecule has 1 atom stereocenters. The number of aliphatic hydroxyl groups excluding tert-OH is 2. The maximum Gasteiger partial charge on any atom is 1.00 e. The van der Waals surface area contributed by atoms with Crippen LogP contribution in [0.5, 0.6) is 0 Å². The SMILES string of the molecule is Nc1ccc2c(c1)C(=O)c1ccccc1CC2.Nc1ccc2c(c1)C(O)c1ccccc1CC2.O=C1c2ccccc2CCc2ccc([N+](=O)[O-])cc21.O=[N+]([O-])O.OC1c2ccccc2CCc2ccccc21.[B].[H-].[Na+]. The van der Waals surface area contributed by atoms with Crippen LogP contribution in [0.2, 0.25) is 0 Å². The van der Waals surface area contributed by atoms with E-state index >= 15 is 0 Å². The van der Waals surface area contributed by atoms with Crippen molar-refractivity contribution < 1.29 is 66.0 Å². The van der Waals surface area contributed by atoms with Gasteiger partial charge in [-0.3, -0.25) is 19.7 Å². The van der Waals surface area contributed by atoms with Crippen molar-refractivity contribution in [1.29, 1.82) is 0 Å². The fraction of sp³-hybridized carbons (Fsp3) is 0.167. The van der Waals surface area contributed by atoms with Crippen LogP contribution in [-0.4, -0.2) is 45.4 Å². The van der Waals surface area contributed by atoms with Gasteiger partial charge >= 0.3 is 29.6 Å². The molecule has 75 heavy (non-hydrogen) atoms. The molecule has 0 fully saturated rings. The molecule has 12 rings (SSSR count). The summed E-state index contributed by atoms with van der Waals surface area (Å²) in [6.07, 6.45) is 6.30. The van der Waals surface area contributed by atoms with E-state index in [1.54, 1.807) is 18.2 Å². The van der Waals surface area contributed by atoms with Crippen LogP contribution in [0.3, 0.4) is 0 Å². The van der Waals surface area contributed by atoms with Gasteiger partial charge in [-0.25, -0.2) is 0 Å². The molecule has 3 radical (unpaired) electrons. The second kappa shape index (κ2) is 26.0. The van der Waals surface area contributed by atoms with Gasteiger partial charge in [0.15, 0.2) is 11.6 Å². The number of ketones is 2. The molecule has 4 aliphatic carbocycles. The maximum absolute atomic E-state index is 12.5. The second-order valence-corrected chi connectivity index (χ2v) is 18.1. The van der Waals surface area contributed by atoms with E-state index in [0.717, 1.165) is 107 Å². The van der Waals surface area contributed by atoms with E-state index in [-0.39, 0.29) is 56.7 Å². The Kier molecular flexibility index (Phi) is 19.6. The first-order valence-electron chi connectivity index (χ1n) is 24.0. The minimum absolute atomic E-state index is 0. The zero-order valence-electron chi connectivity index (χ0n) is 42.5. The van der Waals surface area contributed by atoms with Crippen molar-refractivity contribution in [2.24, 2.45) is 0 Å². The molecule has 373 valence electrons. The molecular weight excluding hydrogens is 954 g/mol. The number of aliphatic hydroxyl groups is 2. The third-order valence-corrected chi connectivity index (χ3v) is 13.6. The molecule has 4 aliphatic rings. The minimum atomic E-state index is -1.50. The topological polar surface area (TPSA) is 233 Å². The third kappa shape index (κ3) is 13.5. The van der Waals surface area contributed by atoms with Crippen LogP contribution >= 0.6 is 0 Å². The van der Waals surface area contributed by atoms with Crippen LogP contribution in [0.4, 0.5) is 17.1 Å². The molecule has 0 bridgehead atoms. The smallest absolute Gasteiger partial charge is 1.00 e. The number of anilines is 2. The number of nitrogens with zero attached hydrogens (tertiary/aromatic N) is 2. The van der Waals surface area contributed by atoms with E-state index in [0.29, 0.717) is 22.5 Å². The number of aryl methyl sites for hydroxylation is 8. The van der Waals surface area contributed by atoms with Crippen molar-refractivity contribution in [3.63, 3.8) is 0 Å². The van der Waals surface area contributed by atoms with E-state index in [9.17, 15) is 29.9 Å². The number of nitro groups is 1. The fourth-order valence-electron chi connectivity index (χ4n) is 9.93. The first-order valence-corrected chi connectivity index (χ1v) is 24.0. The summed E-state index contributed by atoms with van der Waals surface area (Å²) in [5.41, 5.74) is 28.8. The van der Waals surface area contributed by atoms with Gasteiger partial charge in [-0.1, -0.05) is 140 Å². The van der Waals surface area contributed by atoms with Gasteiger partial charge in [-0.2, -0.15) is 0 Å². The van der Waals surface area contributed by atoms with Crippen LogP contribution in [0.15, 0.2) is 176 Å². The first-order chi connectivity index (χ1) is 35.3. The maximum atomic E-state index is 12.5.